The molecule has 1 rings (SSSR count). The van der Waals surface area contributed by atoms with Gasteiger partial charge in [0, 0.05) is 5.69 Å². The summed E-state index contributed by atoms with van der Waals surface area (Å²) in [5.74, 6) is -1.78. The van der Waals surface area contributed by atoms with Crippen LogP contribution in [0, 0.1) is 0 Å². The largest absolute Gasteiger partial charge is 0.480 e. The van der Waals surface area contributed by atoms with E-state index < -0.39 is 30.2 Å². The smallest absolute Gasteiger partial charge is 0.415 e. The first-order valence-electron chi connectivity index (χ1n) is 6.54. The Balaban J connectivity index is 3.14. The molecule has 0 aromatic heterocycles. The fourth-order valence-electron chi connectivity index (χ4n) is 1.63. The Bertz CT molecular complexity index is 576. The van der Waals surface area contributed by atoms with Gasteiger partial charge in [-0.15, -0.1) is 0 Å². The predicted molar refractivity (Wildman–Crippen MR) is 79.0 cm³/mol. The number of carboxylic acids is 1. The normalized spacial score (nSPS) is 10.7. The summed E-state index contributed by atoms with van der Waals surface area (Å²) in [6.45, 7) is 4.44. The van der Waals surface area contributed by atoms with Crippen molar-refractivity contribution in [3.05, 3.63) is 29.8 Å². The lowest BCUT2D eigenvalue weighted by atomic mass is 10.2. The van der Waals surface area contributed by atoms with Gasteiger partial charge in [-0.3, -0.25) is 9.69 Å². The summed E-state index contributed by atoms with van der Waals surface area (Å²) in [7, 11) is 1.23. The highest BCUT2D eigenvalue weighted by Gasteiger charge is 2.25. The van der Waals surface area contributed by atoms with Crippen LogP contribution in [-0.2, 0) is 14.3 Å². The summed E-state index contributed by atoms with van der Waals surface area (Å²) in [6, 6.07) is 5.92. The SMILES string of the molecule is COC(=O)c1cccc(N(CC(=O)O)C(=O)OC(C)(C)C)c1. The highest BCUT2D eigenvalue weighted by atomic mass is 16.6. The van der Waals surface area contributed by atoms with Gasteiger partial charge in [0.2, 0.25) is 0 Å². The number of hydrogen-bond acceptors (Lipinski definition) is 5. The van der Waals surface area contributed by atoms with Crippen LogP contribution < -0.4 is 4.90 Å². The van der Waals surface area contributed by atoms with Crippen LogP contribution in [0.25, 0.3) is 0 Å². The number of carbonyl (C=O) groups excluding carboxylic acids is 2. The molecule has 0 unspecified atom stereocenters. The molecule has 0 atom stereocenters. The Labute approximate surface area is 128 Å². The lowest BCUT2D eigenvalue weighted by Crippen LogP contribution is -2.40. The monoisotopic (exact) mass is 309 g/mol. The molecule has 0 aliphatic heterocycles. The lowest BCUT2D eigenvalue weighted by molar-refractivity contribution is -0.135. The van der Waals surface area contributed by atoms with E-state index in [1.165, 1.54) is 31.4 Å². The van der Waals surface area contributed by atoms with Crippen LogP contribution in [0.1, 0.15) is 31.1 Å². The molecule has 1 aromatic rings. The molecule has 7 heteroatoms. The number of methoxy groups -OCH3 is 1. The molecule has 0 heterocycles. The summed E-state index contributed by atoms with van der Waals surface area (Å²) in [4.78, 5) is 35.6. The molecule has 1 amide bonds. The van der Waals surface area contributed by atoms with E-state index in [9.17, 15) is 14.4 Å². The number of ether oxygens (including phenoxy) is 2. The van der Waals surface area contributed by atoms with Gasteiger partial charge >= 0.3 is 18.0 Å². The van der Waals surface area contributed by atoms with E-state index in [1.807, 2.05) is 0 Å². The van der Waals surface area contributed by atoms with Crippen molar-refractivity contribution < 1.29 is 29.0 Å². The van der Waals surface area contributed by atoms with Crippen molar-refractivity contribution in [2.24, 2.45) is 0 Å². The number of esters is 1. The summed E-state index contributed by atoms with van der Waals surface area (Å²) in [5.41, 5.74) is -0.327. The van der Waals surface area contributed by atoms with Crippen LogP contribution in [0.15, 0.2) is 24.3 Å². The molecule has 0 radical (unpaired) electrons. The van der Waals surface area contributed by atoms with Crippen molar-refractivity contribution >= 4 is 23.7 Å². The van der Waals surface area contributed by atoms with Crippen LogP contribution in [-0.4, -0.2) is 42.4 Å². The van der Waals surface area contributed by atoms with Crippen LogP contribution in [0.4, 0.5) is 10.5 Å². The number of carbonyl (C=O) groups is 3. The zero-order valence-corrected chi connectivity index (χ0v) is 13.0. The van der Waals surface area contributed by atoms with Gasteiger partial charge in [0.25, 0.3) is 0 Å². The molecule has 1 aromatic carbocycles. The van der Waals surface area contributed by atoms with E-state index in [2.05, 4.69) is 4.74 Å². The second kappa shape index (κ2) is 6.93. The topological polar surface area (TPSA) is 93.1 Å². The Morgan fingerprint density at radius 1 is 1.23 bits per heavy atom. The van der Waals surface area contributed by atoms with Gasteiger partial charge in [0.1, 0.15) is 12.1 Å². The molecular weight excluding hydrogens is 290 g/mol. The molecule has 7 nitrogen and oxygen atoms in total. The van der Waals surface area contributed by atoms with E-state index in [4.69, 9.17) is 9.84 Å². The maximum absolute atomic E-state index is 12.2. The van der Waals surface area contributed by atoms with Crippen molar-refractivity contribution in [3.63, 3.8) is 0 Å². The quantitative estimate of drug-likeness (QED) is 0.858. The van der Waals surface area contributed by atoms with Crippen molar-refractivity contribution in [3.8, 4) is 0 Å². The van der Waals surface area contributed by atoms with E-state index in [0.29, 0.717) is 0 Å². The summed E-state index contributed by atoms with van der Waals surface area (Å²) >= 11 is 0. The number of hydrogen-bond donors (Lipinski definition) is 1. The first-order valence-corrected chi connectivity index (χ1v) is 6.54. The fraction of sp³-hybridized carbons (Fsp3) is 0.400. The van der Waals surface area contributed by atoms with E-state index >= 15 is 0 Å². The van der Waals surface area contributed by atoms with Gasteiger partial charge < -0.3 is 14.6 Å². The number of rotatable bonds is 4. The highest BCUT2D eigenvalue weighted by molar-refractivity contribution is 5.96. The van der Waals surface area contributed by atoms with Gasteiger partial charge in [-0.2, -0.15) is 0 Å². The number of benzene rings is 1. The van der Waals surface area contributed by atoms with Crippen molar-refractivity contribution in [2.75, 3.05) is 18.6 Å². The minimum atomic E-state index is -1.20. The van der Waals surface area contributed by atoms with Gasteiger partial charge in [-0.05, 0) is 39.0 Å². The first-order chi connectivity index (χ1) is 10.1. The molecule has 0 aliphatic carbocycles. The first kappa shape index (κ1) is 17.5. The second-order valence-corrected chi connectivity index (χ2v) is 5.50. The lowest BCUT2D eigenvalue weighted by Gasteiger charge is -2.26. The molecule has 120 valence electrons. The average Bonchev–Trinajstić information content (AvgIpc) is 2.41. The Hall–Kier alpha value is -2.57. The summed E-state index contributed by atoms with van der Waals surface area (Å²) in [5, 5.41) is 8.98. The second-order valence-electron chi connectivity index (χ2n) is 5.50. The molecule has 0 bridgehead atoms. The zero-order valence-electron chi connectivity index (χ0n) is 13.0. The summed E-state index contributed by atoms with van der Waals surface area (Å²) < 4.78 is 9.79. The predicted octanol–water partition coefficient (Wildman–Crippen LogP) is 2.30. The number of carboxylic acid groups (broad SMARTS) is 1. The summed E-state index contributed by atoms with van der Waals surface area (Å²) in [6.07, 6.45) is -0.808. The fourth-order valence-corrected chi connectivity index (χ4v) is 1.63. The van der Waals surface area contributed by atoms with Crippen LogP contribution >= 0.6 is 0 Å². The third-order valence-electron chi connectivity index (χ3n) is 2.49. The van der Waals surface area contributed by atoms with Gasteiger partial charge in [-0.25, -0.2) is 9.59 Å². The molecule has 0 saturated carbocycles. The zero-order chi connectivity index (χ0) is 16.9. The minimum absolute atomic E-state index is 0.207. The van der Waals surface area contributed by atoms with Crippen molar-refractivity contribution in [1.29, 1.82) is 0 Å². The third-order valence-corrected chi connectivity index (χ3v) is 2.49. The van der Waals surface area contributed by atoms with Crippen LogP contribution in [0.2, 0.25) is 0 Å². The number of anilines is 1. The maximum Gasteiger partial charge on any atom is 0.415 e. The van der Waals surface area contributed by atoms with Gasteiger partial charge in [-0.1, -0.05) is 6.07 Å². The average molecular weight is 309 g/mol. The van der Waals surface area contributed by atoms with Gasteiger partial charge in [0.05, 0.1) is 12.7 Å². The van der Waals surface area contributed by atoms with Crippen LogP contribution in [0.5, 0.6) is 0 Å². The third kappa shape index (κ3) is 5.08. The van der Waals surface area contributed by atoms with Crippen LogP contribution in [0.3, 0.4) is 0 Å². The maximum atomic E-state index is 12.2. The molecule has 0 saturated heterocycles. The highest BCUT2D eigenvalue weighted by Crippen LogP contribution is 2.20. The number of nitrogens with zero attached hydrogens (tertiary/aromatic N) is 1. The Morgan fingerprint density at radius 2 is 1.86 bits per heavy atom. The number of aliphatic carboxylic acids is 1. The standard InChI is InChI=1S/C15H19NO6/c1-15(2,3)22-14(20)16(9-12(17)18)11-7-5-6-10(8-11)13(19)21-4/h5-8H,9H2,1-4H3,(H,17,18). The molecule has 0 aliphatic rings. The Kier molecular flexibility index (Phi) is 5.50. The number of amides is 1. The van der Waals surface area contributed by atoms with E-state index in [0.717, 1.165) is 4.90 Å². The van der Waals surface area contributed by atoms with E-state index in [-0.39, 0.29) is 11.3 Å². The molecule has 1 N–H and O–H groups in total. The van der Waals surface area contributed by atoms with Gasteiger partial charge in [0.15, 0.2) is 0 Å². The minimum Gasteiger partial charge on any atom is -0.480 e. The molecule has 0 spiro atoms. The molecular formula is C15H19NO6. The molecule has 0 fully saturated rings. The van der Waals surface area contributed by atoms with Crippen molar-refractivity contribution in [2.45, 2.75) is 26.4 Å². The van der Waals surface area contributed by atoms with E-state index in [1.54, 1.807) is 20.8 Å². The van der Waals surface area contributed by atoms with Crippen molar-refractivity contribution in [1.82, 2.24) is 0 Å². The molecule has 22 heavy (non-hydrogen) atoms. The Morgan fingerprint density at radius 3 is 2.36 bits per heavy atom.